The van der Waals surface area contributed by atoms with Crippen LogP contribution in [0.5, 0.6) is 0 Å². The lowest BCUT2D eigenvalue weighted by Gasteiger charge is -2.29. The van der Waals surface area contributed by atoms with Crippen LogP contribution in [0.2, 0.25) is 0 Å². The van der Waals surface area contributed by atoms with Crippen molar-refractivity contribution in [3.63, 3.8) is 0 Å². The van der Waals surface area contributed by atoms with E-state index in [9.17, 15) is 0 Å². The van der Waals surface area contributed by atoms with Gasteiger partial charge in [0.05, 0.1) is 12.7 Å². The van der Waals surface area contributed by atoms with Crippen LogP contribution < -0.4 is 5.73 Å². The van der Waals surface area contributed by atoms with Crippen LogP contribution >= 0.6 is 11.8 Å². The molecule has 0 saturated carbocycles. The molecule has 3 nitrogen and oxygen atoms in total. The van der Waals surface area contributed by atoms with Crippen molar-refractivity contribution in [3.05, 3.63) is 23.8 Å². The maximum absolute atomic E-state index is 5.90. The molecule has 0 aliphatic carbocycles. The lowest BCUT2D eigenvalue weighted by molar-refractivity contribution is -0.00598. The van der Waals surface area contributed by atoms with Crippen molar-refractivity contribution in [1.82, 2.24) is 4.90 Å². The third kappa shape index (κ3) is 3.37. The number of ether oxygens (including phenoxy) is 1. The molecule has 1 saturated heterocycles. The van der Waals surface area contributed by atoms with E-state index in [1.165, 1.54) is 10.5 Å². The van der Waals surface area contributed by atoms with E-state index in [1.54, 1.807) is 0 Å². The first kappa shape index (κ1) is 12.7. The zero-order chi connectivity index (χ0) is 12.3. The zero-order valence-electron chi connectivity index (χ0n) is 10.5. The number of thioether (sulfide) groups is 1. The summed E-state index contributed by atoms with van der Waals surface area (Å²) in [5, 5.41) is 0. The summed E-state index contributed by atoms with van der Waals surface area (Å²) in [4.78, 5) is 3.59. The summed E-state index contributed by atoms with van der Waals surface area (Å²) in [6, 6.07) is 6.09. The molecule has 1 aromatic rings. The summed E-state index contributed by atoms with van der Waals surface area (Å²) in [6.45, 7) is 4.98. The van der Waals surface area contributed by atoms with Gasteiger partial charge in [-0.05, 0) is 31.7 Å². The van der Waals surface area contributed by atoms with Gasteiger partial charge >= 0.3 is 0 Å². The summed E-state index contributed by atoms with van der Waals surface area (Å²) in [5.74, 6) is 0.995. The molecular formula is C13H20N2OS. The highest BCUT2D eigenvalue weighted by Gasteiger charge is 2.18. The second-order valence-corrected chi connectivity index (χ2v) is 5.60. The molecule has 94 valence electrons. The van der Waals surface area contributed by atoms with Gasteiger partial charge in [0.1, 0.15) is 0 Å². The smallest absolute Gasteiger partial charge is 0.0796 e. The largest absolute Gasteiger partial charge is 0.398 e. The standard InChI is InChI=1S/C13H20N2OS/c1-10-12(14)4-3-5-13(10)17-9-11-8-15(2)6-7-16-11/h3-5,11H,6-9,14H2,1-2H3. The fourth-order valence-electron chi connectivity index (χ4n) is 1.94. The van der Waals surface area contributed by atoms with E-state index >= 15 is 0 Å². The Morgan fingerprint density at radius 2 is 2.35 bits per heavy atom. The van der Waals surface area contributed by atoms with Crippen LogP contribution in [0, 0.1) is 6.92 Å². The molecule has 1 atom stereocenters. The van der Waals surface area contributed by atoms with Crippen LogP contribution in [0.3, 0.4) is 0 Å². The van der Waals surface area contributed by atoms with Crippen LogP contribution in [-0.2, 0) is 4.74 Å². The molecule has 0 spiro atoms. The van der Waals surface area contributed by atoms with Gasteiger partial charge in [-0.3, -0.25) is 0 Å². The van der Waals surface area contributed by atoms with Crippen molar-refractivity contribution in [3.8, 4) is 0 Å². The van der Waals surface area contributed by atoms with E-state index in [2.05, 4.69) is 24.9 Å². The summed E-state index contributed by atoms with van der Waals surface area (Å²) < 4.78 is 5.75. The summed E-state index contributed by atoms with van der Waals surface area (Å²) in [6.07, 6.45) is 0.333. The van der Waals surface area contributed by atoms with Crippen molar-refractivity contribution in [1.29, 1.82) is 0 Å². The predicted molar refractivity (Wildman–Crippen MR) is 73.6 cm³/mol. The fourth-order valence-corrected chi connectivity index (χ4v) is 3.01. The predicted octanol–water partition coefficient (Wildman–Crippen LogP) is 2.00. The van der Waals surface area contributed by atoms with Gasteiger partial charge in [-0.1, -0.05) is 6.07 Å². The fraction of sp³-hybridized carbons (Fsp3) is 0.538. The van der Waals surface area contributed by atoms with Crippen molar-refractivity contribution in [2.45, 2.75) is 17.9 Å². The molecule has 17 heavy (non-hydrogen) atoms. The van der Waals surface area contributed by atoms with E-state index in [-0.39, 0.29) is 0 Å². The number of anilines is 1. The first-order valence-electron chi connectivity index (χ1n) is 5.95. The van der Waals surface area contributed by atoms with E-state index in [4.69, 9.17) is 10.5 Å². The number of hydrogen-bond donors (Lipinski definition) is 1. The Hall–Kier alpha value is -0.710. The Kier molecular flexibility index (Phi) is 4.31. The molecule has 1 heterocycles. The Balaban J connectivity index is 1.91. The molecule has 1 aromatic carbocycles. The minimum absolute atomic E-state index is 0.333. The highest BCUT2D eigenvalue weighted by atomic mass is 32.2. The van der Waals surface area contributed by atoms with Gasteiger partial charge in [-0.15, -0.1) is 11.8 Å². The van der Waals surface area contributed by atoms with E-state index in [0.717, 1.165) is 31.1 Å². The maximum Gasteiger partial charge on any atom is 0.0796 e. The SMILES string of the molecule is Cc1c(N)cccc1SCC1CN(C)CCO1. The van der Waals surface area contributed by atoms with Crippen LogP contribution in [-0.4, -0.2) is 43.5 Å². The number of hydrogen-bond acceptors (Lipinski definition) is 4. The second-order valence-electron chi connectivity index (χ2n) is 4.54. The number of nitrogens with zero attached hydrogens (tertiary/aromatic N) is 1. The molecule has 0 bridgehead atoms. The molecule has 0 amide bonds. The van der Waals surface area contributed by atoms with Gasteiger partial charge in [0, 0.05) is 29.4 Å². The lowest BCUT2D eigenvalue weighted by Crippen LogP contribution is -2.41. The number of nitrogens with two attached hydrogens (primary N) is 1. The minimum Gasteiger partial charge on any atom is -0.398 e. The lowest BCUT2D eigenvalue weighted by atomic mass is 10.2. The molecule has 2 N–H and O–H groups in total. The highest BCUT2D eigenvalue weighted by molar-refractivity contribution is 7.99. The van der Waals surface area contributed by atoms with E-state index < -0.39 is 0 Å². The van der Waals surface area contributed by atoms with E-state index in [1.807, 2.05) is 23.9 Å². The molecule has 4 heteroatoms. The number of nitrogen functional groups attached to an aromatic ring is 1. The van der Waals surface area contributed by atoms with Gasteiger partial charge in [0.25, 0.3) is 0 Å². The summed E-state index contributed by atoms with van der Waals surface area (Å²) in [5.41, 5.74) is 7.95. The molecular weight excluding hydrogens is 232 g/mol. The quantitative estimate of drug-likeness (QED) is 0.659. The first-order chi connectivity index (χ1) is 8.16. The third-order valence-corrected chi connectivity index (χ3v) is 4.38. The zero-order valence-corrected chi connectivity index (χ0v) is 11.3. The summed E-state index contributed by atoms with van der Waals surface area (Å²) in [7, 11) is 2.14. The Morgan fingerprint density at radius 3 is 3.12 bits per heavy atom. The molecule has 1 unspecified atom stereocenters. The van der Waals surface area contributed by atoms with E-state index in [0.29, 0.717) is 6.10 Å². The molecule has 0 aromatic heterocycles. The number of rotatable bonds is 3. The van der Waals surface area contributed by atoms with Gasteiger partial charge in [0.2, 0.25) is 0 Å². The first-order valence-corrected chi connectivity index (χ1v) is 6.93. The average Bonchev–Trinajstić information content (AvgIpc) is 2.31. The topological polar surface area (TPSA) is 38.5 Å². The molecule has 1 aliphatic heterocycles. The van der Waals surface area contributed by atoms with Crippen LogP contribution in [0.15, 0.2) is 23.1 Å². The van der Waals surface area contributed by atoms with Crippen molar-refractivity contribution < 1.29 is 4.74 Å². The maximum atomic E-state index is 5.90. The van der Waals surface area contributed by atoms with Crippen LogP contribution in [0.25, 0.3) is 0 Å². The normalized spacial score (nSPS) is 21.6. The molecule has 0 radical (unpaired) electrons. The Morgan fingerprint density at radius 1 is 1.53 bits per heavy atom. The Bertz CT molecular complexity index is 384. The van der Waals surface area contributed by atoms with Crippen molar-refractivity contribution >= 4 is 17.4 Å². The van der Waals surface area contributed by atoms with Crippen molar-refractivity contribution in [2.24, 2.45) is 0 Å². The van der Waals surface area contributed by atoms with Crippen LogP contribution in [0.4, 0.5) is 5.69 Å². The average molecular weight is 252 g/mol. The monoisotopic (exact) mass is 252 g/mol. The molecule has 1 aliphatic rings. The third-order valence-electron chi connectivity index (χ3n) is 3.09. The van der Waals surface area contributed by atoms with Crippen LogP contribution in [0.1, 0.15) is 5.56 Å². The van der Waals surface area contributed by atoms with Gasteiger partial charge in [-0.25, -0.2) is 0 Å². The molecule has 1 fully saturated rings. The number of benzene rings is 1. The Labute approximate surface area is 107 Å². The minimum atomic E-state index is 0.333. The number of morpholine rings is 1. The highest BCUT2D eigenvalue weighted by Crippen LogP contribution is 2.27. The van der Waals surface area contributed by atoms with Gasteiger partial charge in [-0.2, -0.15) is 0 Å². The molecule has 2 rings (SSSR count). The number of likely N-dealkylation sites (N-methyl/N-ethyl adjacent to an activating group) is 1. The van der Waals surface area contributed by atoms with Gasteiger partial charge in [0.15, 0.2) is 0 Å². The second kappa shape index (κ2) is 5.76. The van der Waals surface area contributed by atoms with Gasteiger partial charge < -0.3 is 15.4 Å². The summed E-state index contributed by atoms with van der Waals surface area (Å²) >= 11 is 1.84. The van der Waals surface area contributed by atoms with Crippen molar-refractivity contribution in [2.75, 3.05) is 38.2 Å².